The zero-order valence-electron chi connectivity index (χ0n) is 14.6. The smallest absolute Gasteiger partial charge is 0.337 e. The highest BCUT2D eigenvalue weighted by Gasteiger charge is 2.22. The average Bonchev–Trinajstić information content (AvgIpc) is 3.12. The SMILES string of the molecule is O=C(Nc1cc(N2CCc3ccccc32)ccc1C(=O)O)c1ccccc1. The van der Waals surface area contributed by atoms with Crippen LogP contribution < -0.4 is 10.2 Å². The number of anilines is 3. The molecule has 1 heterocycles. The maximum atomic E-state index is 12.5. The number of nitrogens with zero attached hydrogens (tertiary/aromatic N) is 1. The highest BCUT2D eigenvalue weighted by Crippen LogP contribution is 2.36. The van der Waals surface area contributed by atoms with E-state index in [0.29, 0.717) is 11.3 Å². The number of hydrogen-bond acceptors (Lipinski definition) is 3. The highest BCUT2D eigenvalue weighted by molar-refractivity contribution is 6.08. The van der Waals surface area contributed by atoms with Crippen molar-refractivity contribution in [1.29, 1.82) is 0 Å². The Morgan fingerprint density at radius 3 is 2.44 bits per heavy atom. The summed E-state index contributed by atoms with van der Waals surface area (Å²) in [5.74, 6) is -1.41. The maximum absolute atomic E-state index is 12.5. The topological polar surface area (TPSA) is 69.6 Å². The Bertz CT molecular complexity index is 1020. The largest absolute Gasteiger partial charge is 0.478 e. The molecule has 0 unspecified atom stereocenters. The molecule has 2 N–H and O–H groups in total. The Balaban J connectivity index is 1.69. The summed E-state index contributed by atoms with van der Waals surface area (Å²) in [7, 11) is 0. The number of carbonyl (C=O) groups excluding carboxylic acids is 1. The van der Waals surface area contributed by atoms with E-state index in [-0.39, 0.29) is 11.5 Å². The minimum atomic E-state index is -1.08. The number of fused-ring (bicyclic) bond motifs is 1. The standard InChI is InChI=1S/C22H18N2O3/c25-21(16-7-2-1-3-8-16)23-19-14-17(10-11-18(19)22(26)27)24-13-12-15-6-4-5-9-20(15)24/h1-11,14H,12-13H2,(H,23,25)(H,26,27). The van der Waals surface area contributed by atoms with E-state index >= 15 is 0 Å². The molecule has 4 rings (SSSR count). The monoisotopic (exact) mass is 358 g/mol. The van der Waals surface area contributed by atoms with Gasteiger partial charge in [0.05, 0.1) is 11.3 Å². The fourth-order valence-corrected chi connectivity index (χ4v) is 3.38. The van der Waals surface area contributed by atoms with Crippen molar-refractivity contribution < 1.29 is 14.7 Å². The van der Waals surface area contributed by atoms with Crippen molar-refractivity contribution in [2.24, 2.45) is 0 Å². The molecule has 1 aliphatic heterocycles. The van der Waals surface area contributed by atoms with E-state index in [1.54, 1.807) is 42.5 Å². The van der Waals surface area contributed by atoms with Crippen molar-refractivity contribution in [3.05, 3.63) is 89.5 Å². The normalized spacial score (nSPS) is 12.5. The fraction of sp³-hybridized carbons (Fsp3) is 0.0909. The van der Waals surface area contributed by atoms with Crippen molar-refractivity contribution in [3.8, 4) is 0 Å². The number of rotatable bonds is 4. The Morgan fingerprint density at radius 1 is 0.926 bits per heavy atom. The molecule has 0 atom stereocenters. The van der Waals surface area contributed by atoms with E-state index in [1.165, 1.54) is 5.56 Å². The molecule has 5 heteroatoms. The number of aromatic carboxylic acids is 1. The van der Waals surface area contributed by atoms with Crippen molar-refractivity contribution in [3.63, 3.8) is 0 Å². The first-order valence-electron chi connectivity index (χ1n) is 8.72. The quantitative estimate of drug-likeness (QED) is 0.728. The van der Waals surface area contributed by atoms with Gasteiger partial charge in [0.15, 0.2) is 0 Å². The van der Waals surface area contributed by atoms with E-state index in [2.05, 4.69) is 22.3 Å². The number of carboxylic acids is 1. The van der Waals surface area contributed by atoms with Gasteiger partial charge >= 0.3 is 5.97 Å². The van der Waals surface area contributed by atoms with Crippen LogP contribution in [0.1, 0.15) is 26.3 Å². The Labute approximate surface area is 156 Å². The minimum absolute atomic E-state index is 0.0653. The molecule has 0 spiro atoms. The summed E-state index contributed by atoms with van der Waals surface area (Å²) in [4.78, 5) is 26.2. The van der Waals surface area contributed by atoms with Crippen LogP contribution in [0.2, 0.25) is 0 Å². The number of carbonyl (C=O) groups is 2. The summed E-state index contributed by atoms with van der Waals surface area (Å²) < 4.78 is 0. The Morgan fingerprint density at radius 2 is 1.67 bits per heavy atom. The van der Waals surface area contributed by atoms with E-state index in [9.17, 15) is 14.7 Å². The van der Waals surface area contributed by atoms with Crippen molar-refractivity contribution in [2.75, 3.05) is 16.8 Å². The molecule has 134 valence electrons. The van der Waals surface area contributed by atoms with Crippen molar-refractivity contribution in [1.82, 2.24) is 0 Å². The highest BCUT2D eigenvalue weighted by atomic mass is 16.4. The zero-order valence-corrected chi connectivity index (χ0v) is 14.6. The molecule has 0 bridgehead atoms. The van der Waals surface area contributed by atoms with Crippen molar-refractivity contribution in [2.45, 2.75) is 6.42 Å². The molecule has 0 saturated heterocycles. The third-order valence-corrected chi connectivity index (χ3v) is 4.72. The molecule has 27 heavy (non-hydrogen) atoms. The second kappa shape index (κ2) is 6.96. The molecule has 0 aliphatic carbocycles. The van der Waals surface area contributed by atoms with Crippen LogP contribution in [0.25, 0.3) is 0 Å². The Hall–Kier alpha value is -3.60. The van der Waals surface area contributed by atoms with Gasteiger partial charge in [-0.25, -0.2) is 4.79 Å². The van der Waals surface area contributed by atoms with Gasteiger partial charge in [-0.3, -0.25) is 4.79 Å². The van der Waals surface area contributed by atoms with Gasteiger partial charge in [0, 0.05) is 23.5 Å². The summed E-state index contributed by atoms with van der Waals surface area (Å²) in [6, 6.07) is 21.9. The average molecular weight is 358 g/mol. The first-order valence-corrected chi connectivity index (χ1v) is 8.72. The van der Waals surface area contributed by atoms with Gasteiger partial charge in [-0.1, -0.05) is 36.4 Å². The van der Waals surface area contributed by atoms with E-state index in [0.717, 1.165) is 24.3 Å². The van der Waals surface area contributed by atoms with Crippen LogP contribution >= 0.6 is 0 Å². The van der Waals surface area contributed by atoms with E-state index in [4.69, 9.17) is 0 Å². The molecular weight excluding hydrogens is 340 g/mol. The lowest BCUT2D eigenvalue weighted by atomic mass is 10.1. The molecule has 0 aromatic heterocycles. The van der Waals surface area contributed by atoms with Crippen LogP contribution in [0.15, 0.2) is 72.8 Å². The summed E-state index contributed by atoms with van der Waals surface area (Å²) in [5.41, 5.74) is 4.06. The summed E-state index contributed by atoms with van der Waals surface area (Å²) >= 11 is 0. The summed E-state index contributed by atoms with van der Waals surface area (Å²) in [6.07, 6.45) is 0.933. The fourth-order valence-electron chi connectivity index (χ4n) is 3.38. The van der Waals surface area contributed by atoms with Gasteiger partial charge in [0.1, 0.15) is 0 Å². The number of carboxylic acid groups (broad SMARTS) is 1. The zero-order chi connectivity index (χ0) is 18.8. The summed E-state index contributed by atoms with van der Waals surface area (Å²) in [5, 5.41) is 12.2. The van der Waals surface area contributed by atoms with Gasteiger partial charge in [-0.15, -0.1) is 0 Å². The molecule has 3 aromatic rings. The number of nitrogens with one attached hydrogen (secondary N) is 1. The number of amides is 1. The molecule has 5 nitrogen and oxygen atoms in total. The molecule has 3 aromatic carbocycles. The van der Waals surface area contributed by atoms with Crippen LogP contribution in [0.5, 0.6) is 0 Å². The van der Waals surface area contributed by atoms with Gasteiger partial charge < -0.3 is 15.3 Å². The number of hydrogen-bond donors (Lipinski definition) is 2. The second-order valence-corrected chi connectivity index (χ2v) is 6.39. The molecule has 0 fully saturated rings. The predicted octanol–water partition coefficient (Wildman–Crippen LogP) is 4.33. The first kappa shape index (κ1) is 16.8. The lowest BCUT2D eigenvalue weighted by Crippen LogP contribution is -2.17. The minimum Gasteiger partial charge on any atom is -0.478 e. The predicted molar refractivity (Wildman–Crippen MR) is 105 cm³/mol. The maximum Gasteiger partial charge on any atom is 0.337 e. The lowest BCUT2D eigenvalue weighted by Gasteiger charge is -2.21. The van der Waals surface area contributed by atoms with Gasteiger partial charge in [0.2, 0.25) is 0 Å². The summed E-state index contributed by atoms with van der Waals surface area (Å²) in [6.45, 7) is 0.817. The second-order valence-electron chi connectivity index (χ2n) is 6.39. The van der Waals surface area contributed by atoms with E-state index < -0.39 is 5.97 Å². The first-order chi connectivity index (χ1) is 13.1. The van der Waals surface area contributed by atoms with Crippen LogP contribution in [0.4, 0.5) is 17.1 Å². The van der Waals surface area contributed by atoms with Crippen LogP contribution in [-0.4, -0.2) is 23.5 Å². The van der Waals surface area contributed by atoms with Crippen molar-refractivity contribution >= 4 is 28.9 Å². The molecule has 1 aliphatic rings. The third-order valence-electron chi connectivity index (χ3n) is 4.72. The number of para-hydroxylation sites is 1. The van der Waals surface area contributed by atoms with E-state index in [1.807, 2.05) is 18.2 Å². The van der Waals surface area contributed by atoms with Crippen LogP contribution in [0, 0.1) is 0 Å². The molecular formula is C22H18N2O3. The van der Waals surface area contributed by atoms with Crippen LogP contribution in [0.3, 0.4) is 0 Å². The molecule has 0 saturated carbocycles. The van der Waals surface area contributed by atoms with Crippen LogP contribution in [-0.2, 0) is 6.42 Å². The van der Waals surface area contributed by atoms with Gasteiger partial charge in [-0.2, -0.15) is 0 Å². The number of benzene rings is 3. The van der Waals surface area contributed by atoms with Gasteiger partial charge in [0.25, 0.3) is 5.91 Å². The lowest BCUT2D eigenvalue weighted by molar-refractivity contribution is 0.0698. The third kappa shape index (κ3) is 3.27. The Kier molecular flexibility index (Phi) is 4.34. The molecule has 1 amide bonds. The molecule has 0 radical (unpaired) electrons. The van der Waals surface area contributed by atoms with Gasteiger partial charge in [-0.05, 0) is 48.4 Å².